The molecule has 0 bridgehead atoms. The second kappa shape index (κ2) is 6.51. The van der Waals surface area contributed by atoms with Crippen molar-refractivity contribution in [1.29, 1.82) is 0 Å². The van der Waals surface area contributed by atoms with Gasteiger partial charge >= 0.3 is 0 Å². The van der Waals surface area contributed by atoms with Crippen LogP contribution in [0.25, 0.3) is 0 Å². The molecule has 0 aliphatic rings. The molecular formula is C12H7Br2ClINO2S. The molecule has 106 valence electrons. The molecule has 0 amide bonds. The molecule has 2 rings (SSSR count). The second-order valence-corrected chi connectivity index (χ2v) is 8.88. The predicted molar refractivity (Wildman–Crippen MR) is 96.8 cm³/mol. The molecule has 1 N–H and O–H groups in total. The van der Waals surface area contributed by atoms with Crippen LogP contribution in [-0.4, -0.2) is 8.42 Å². The molecule has 0 aliphatic carbocycles. The Morgan fingerprint density at radius 2 is 1.80 bits per heavy atom. The fourth-order valence-electron chi connectivity index (χ4n) is 1.47. The van der Waals surface area contributed by atoms with Gasteiger partial charge in [-0.3, -0.25) is 4.72 Å². The molecule has 0 heterocycles. The third-order valence-corrected chi connectivity index (χ3v) is 6.18. The van der Waals surface area contributed by atoms with Crippen molar-refractivity contribution < 1.29 is 8.42 Å². The first kappa shape index (κ1) is 16.5. The Morgan fingerprint density at radius 3 is 2.40 bits per heavy atom. The van der Waals surface area contributed by atoms with Crippen LogP contribution in [0.2, 0.25) is 5.02 Å². The van der Waals surface area contributed by atoms with E-state index in [2.05, 4.69) is 59.2 Å². The van der Waals surface area contributed by atoms with Gasteiger partial charge in [-0.15, -0.1) is 0 Å². The zero-order valence-corrected chi connectivity index (χ0v) is 16.6. The van der Waals surface area contributed by atoms with Crippen molar-refractivity contribution in [3.8, 4) is 0 Å². The summed E-state index contributed by atoms with van der Waals surface area (Å²) in [5.74, 6) is 0. The Kier molecular flexibility index (Phi) is 5.39. The van der Waals surface area contributed by atoms with Crippen LogP contribution in [0.1, 0.15) is 0 Å². The van der Waals surface area contributed by atoms with E-state index in [-0.39, 0.29) is 4.90 Å². The van der Waals surface area contributed by atoms with E-state index < -0.39 is 10.0 Å². The third-order valence-electron chi connectivity index (χ3n) is 2.36. The van der Waals surface area contributed by atoms with Crippen LogP contribution >= 0.6 is 66.1 Å². The van der Waals surface area contributed by atoms with Gasteiger partial charge in [0.15, 0.2) is 0 Å². The van der Waals surface area contributed by atoms with Gasteiger partial charge < -0.3 is 0 Å². The van der Waals surface area contributed by atoms with Crippen LogP contribution in [0, 0.1) is 3.57 Å². The average Bonchev–Trinajstić information content (AvgIpc) is 2.32. The minimum Gasteiger partial charge on any atom is -0.278 e. The smallest absolute Gasteiger partial charge is 0.263 e. The molecule has 0 fully saturated rings. The molecule has 0 spiro atoms. The summed E-state index contributed by atoms with van der Waals surface area (Å²) in [4.78, 5) is 0.148. The van der Waals surface area contributed by atoms with E-state index in [1.165, 1.54) is 6.07 Å². The summed E-state index contributed by atoms with van der Waals surface area (Å²) in [6.07, 6.45) is 0. The minimum atomic E-state index is -3.70. The lowest BCUT2D eigenvalue weighted by Crippen LogP contribution is -2.13. The molecule has 0 radical (unpaired) electrons. The van der Waals surface area contributed by atoms with Gasteiger partial charge in [-0.1, -0.05) is 27.5 Å². The third kappa shape index (κ3) is 3.88. The first-order chi connectivity index (χ1) is 9.29. The number of hydrogen-bond donors (Lipinski definition) is 1. The molecule has 0 saturated heterocycles. The quantitative estimate of drug-likeness (QED) is 0.529. The molecule has 2 aromatic rings. The summed E-state index contributed by atoms with van der Waals surface area (Å²) in [6, 6.07) is 9.95. The lowest BCUT2D eigenvalue weighted by atomic mass is 10.3. The molecule has 0 aromatic heterocycles. The van der Waals surface area contributed by atoms with Crippen molar-refractivity contribution in [3.05, 3.63) is 53.9 Å². The average molecular weight is 551 g/mol. The molecular weight excluding hydrogens is 544 g/mol. The number of nitrogens with one attached hydrogen (secondary N) is 1. The fraction of sp³-hybridized carbons (Fsp3) is 0. The molecule has 2 aromatic carbocycles. The number of sulfonamides is 1. The first-order valence-electron chi connectivity index (χ1n) is 5.22. The summed E-state index contributed by atoms with van der Waals surface area (Å²) in [7, 11) is -3.70. The summed E-state index contributed by atoms with van der Waals surface area (Å²) in [6.45, 7) is 0. The van der Waals surface area contributed by atoms with E-state index in [4.69, 9.17) is 11.6 Å². The van der Waals surface area contributed by atoms with Crippen LogP contribution in [-0.2, 0) is 10.0 Å². The lowest BCUT2D eigenvalue weighted by molar-refractivity contribution is 0.600. The molecule has 8 heteroatoms. The predicted octanol–water partition coefficient (Wildman–Crippen LogP) is 5.27. The Bertz CT molecular complexity index is 768. The Labute approximate surface area is 152 Å². The van der Waals surface area contributed by atoms with E-state index in [9.17, 15) is 8.42 Å². The van der Waals surface area contributed by atoms with Crippen LogP contribution < -0.4 is 4.72 Å². The summed E-state index contributed by atoms with van der Waals surface area (Å²) >= 11 is 14.7. The maximum absolute atomic E-state index is 12.4. The minimum absolute atomic E-state index is 0.148. The van der Waals surface area contributed by atoms with Gasteiger partial charge in [-0.25, -0.2) is 8.42 Å². The van der Waals surface area contributed by atoms with Crippen molar-refractivity contribution in [3.63, 3.8) is 0 Å². The standard InChI is InChI=1S/C12H7Br2ClINO2S/c13-7-1-4-12(9(14)5-7)20(18,19)17-11-3-2-8(16)6-10(11)15/h1-6,17H. The van der Waals surface area contributed by atoms with Gasteiger partial charge in [-0.2, -0.15) is 0 Å². The van der Waals surface area contributed by atoms with Crippen LogP contribution in [0.4, 0.5) is 5.69 Å². The molecule has 0 unspecified atom stereocenters. The summed E-state index contributed by atoms with van der Waals surface area (Å²) in [5, 5.41) is 0.355. The number of halogens is 4. The van der Waals surface area contributed by atoms with Crippen molar-refractivity contribution in [2.45, 2.75) is 4.90 Å². The van der Waals surface area contributed by atoms with Gasteiger partial charge in [-0.05, 0) is 74.9 Å². The number of rotatable bonds is 3. The number of anilines is 1. The molecule has 3 nitrogen and oxygen atoms in total. The zero-order chi connectivity index (χ0) is 14.9. The van der Waals surface area contributed by atoms with Gasteiger partial charge in [0.25, 0.3) is 10.0 Å². The highest BCUT2D eigenvalue weighted by Crippen LogP contribution is 2.30. The highest BCUT2D eigenvalue weighted by atomic mass is 127. The SMILES string of the molecule is O=S(=O)(Nc1ccc(I)cc1Cl)c1ccc(Br)cc1Br. The normalized spacial score (nSPS) is 11.4. The van der Waals surface area contributed by atoms with E-state index >= 15 is 0 Å². The highest BCUT2D eigenvalue weighted by Gasteiger charge is 2.19. The van der Waals surface area contributed by atoms with Crippen LogP contribution in [0.3, 0.4) is 0 Å². The Hall–Kier alpha value is 0.170. The van der Waals surface area contributed by atoms with Crippen molar-refractivity contribution >= 4 is 81.8 Å². The maximum atomic E-state index is 12.4. The van der Waals surface area contributed by atoms with Gasteiger partial charge in [0.05, 0.1) is 10.7 Å². The molecule has 0 atom stereocenters. The van der Waals surface area contributed by atoms with Crippen molar-refractivity contribution in [2.24, 2.45) is 0 Å². The molecule has 20 heavy (non-hydrogen) atoms. The van der Waals surface area contributed by atoms with Crippen molar-refractivity contribution in [1.82, 2.24) is 0 Å². The van der Waals surface area contributed by atoms with Crippen molar-refractivity contribution in [2.75, 3.05) is 4.72 Å². The van der Waals surface area contributed by atoms with E-state index in [1.54, 1.807) is 30.3 Å². The first-order valence-corrected chi connectivity index (χ1v) is 9.75. The van der Waals surface area contributed by atoms with Gasteiger partial charge in [0.1, 0.15) is 4.90 Å². The van der Waals surface area contributed by atoms with E-state index in [0.29, 0.717) is 15.2 Å². The number of hydrogen-bond acceptors (Lipinski definition) is 2. The summed E-state index contributed by atoms with van der Waals surface area (Å²) in [5.41, 5.74) is 0.349. The number of benzene rings is 2. The van der Waals surface area contributed by atoms with E-state index in [0.717, 1.165) is 8.04 Å². The highest BCUT2D eigenvalue weighted by molar-refractivity contribution is 14.1. The van der Waals surface area contributed by atoms with Crippen LogP contribution in [0.15, 0.2) is 50.2 Å². The van der Waals surface area contributed by atoms with Gasteiger partial charge in [0.2, 0.25) is 0 Å². The Balaban J connectivity index is 2.41. The zero-order valence-electron chi connectivity index (χ0n) is 9.70. The largest absolute Gasteiger partial charge is 0.278 e. The molecule has 0 aliphatic heterocycles. The molecule has 0 saturated carbocycles. The summed E-state index contributed by atoms with van der Waals surface area (Å²) < 4.78 is 29.4. The van der Waals surface area contributed by atoms with Crippen LogP contribution in [0.5, 0.6) is 0 Å². The topological polar surface area (TPSA) is 46.2 Å². The van der Waals surface area contributed by atoms with E-state index in [1.807, 2.05) is 0 Å². The Morgan fingerprint density at radius 1 is 1.10 bits per heavy atom. The second-order valence-electron chi connectivity index (χ2n) is 3.80. The van der Waals surface area contributed by atoms with Gasteiger partial charge in [0, 0.05) is 12.5 Å². The monoisotopic (exact) mass is 549 g/mol. The lowest BCUT2D eigenvalue weighted by Gasteiger charge is -2.11. The fourth-order valence-corrected chi connectivity index (χ4v) is 5.25. The maximum Gasteiger partial charge on any atom is 0.263 e.